The molecule has 9 heteroatoms. The maximum atomic E-state index is 14.9. The lowest BCUT2D eigenvalue weighted by atomic mass is 9.65. The van der Waals surface area contributed by atoms with Crippen molar-refractivity contribution >= 4 is 23.5 Å². The van der Waals surface area contributed by atoms with Crippen molar-refractivity contribution < 1.29 is 29.0 Å². The first kappa shape index (κ1) is 33.5. The maximum Gasteiger partial charge on any atom is 0.324 e. The lowest BCUT2D eigenvalue weighted by Crippen LogP contribution is -2.53. The molecule has 4 aromatic carbocycles. The SMILES string of the molecule is NC(=O)C1C2C(=O)OC(c3ccccc3)C(c3ccccc3)N2C(c2ccc(OCCO)cc2)C12C(=O)Nc1ccc(C#CC3=CCCCC3)cc12. The molecule has 0 bridgehead atoms. The Hall–Kier alpha value is -5.69. The van der Waals surface area contributed by atoms with Crippen LogP contribution in [0.2, 0.25) is 0 Å². The van der Waals surface area contributed by atoms with Gasteiger partial charge in [0, 0.05) is 11.3 Å². The Labute approximate surface area is 302 Å². The number of anilines is 1. The van der Waals surface area contributed by atoms with Gasteiger partial charge in [-0.2, -0.15) is 0 Å². The summed E-state index contributed by atoms with van der Waals surface area (Å²) in [7, 11) is 0. The number of carbonyl (C=O) groups excluding carboxylic acids is 3. The van der Waals surface area contributed by atoms with Crippen molar-refractivity contribution in [1.82, 2.24) is 4.90 Å². The molecule has 9 nitrogen and oxygen atoms in total. The molecule has 1 spiro atoms. The van der Waals surface area contributed by atoms with Crippen LogP contribution in [0.4, 0.5) is 5.69 Å². The highest BCUT2D eigenvalue weighted by Gasteiger charge is 2.73. The summed E-state index contributed by atoms with van der Waals surface area (Å²) in [5, 5.41) is 12.4. The van der Waals surface area contributed by atoms with E-state index in [1.807, 2.05) is 95.9 Å². The Balaban J connectivity index is 1.38. The van der Waals surface area contributed by atoms with E-state index in [1.54, 1.807) is 12.1 Å². The summed E-state index contributed by atoms with van der Waals surface area (Å²) in [4.78, 5) is 45.5. The van der Waals surface area contributed by atoms with Crippen molar-refractivity contribution in [3.05, 3.63) is 143 Å². The second-order valence-electron chi connectivity index (χ2n) is 13.7. The minimum Gasteiger partial charge on any atom is -0.491 e. The number of esters is 1. The Morgan fingerprint density at radius 1 is 0.904 bits per heavy atom. The van der Waals surface area contributed by atoms with E-state index < -0.39 is 53.3 Å². The van der Waals surface area contributed by atoms with Crippen molar-refractivity contribution in [1.29, 1.82) is 0 Å². The quantitative estimate of drug-likeness (QED) is 0.168. The van der Waals surface area contributed by atoms with Crippen LogP contribution in [0, 0.1) is 17.8 Å². The zero-order valence-corrected chi connectivity index (χ0v) is 28.5. The number of nitrogens with one attached hydrogen (secondary N) is 1. The van der Waals surface area contributed by atoms with Crippen molar-refractivity contribution in [2.24, 2.45) is 11.7 Å². The van der Waals surface area contributed by atoms with Crippen LogP contribution in [0.1, 0.15) is 71.7 Å². The third kappa shape index (κ3) is 5.56. The zero-order valence-electron chi connectivity index (χ0n) is 28.5. The van der Waals surface area contributed by atoms with E-state index in [4.69, 9.17) is 15.2 Å². The number of rotatable bonds is 7. The summed E-state index contributed by atoms with van der Waals surface area (Å²) in [5.74, 6) is 4.02. The molecule has 2 saturated heterocycles. The first-order valence-corrected chi connectivity index (χ1v) is 17.8. The number of fused-ring (bicyclic) bond motifs is 3. The van der Waals surface area contributed by atoms with Gasteiger partial charge >= 0.3 is 5.97 Å². The number of hydrogen-bond acceptors (Lipinski definition) is 7. The number of benzene rings is 4. The van der Waals surface area contributed by atoms with Crippen molar-refractivity contribution in [2.75, 3.05) is 18.5 Å². The fourth-order valence-corrected chi connectivity index (χ4v) is 8.71. The first-order valence-electron chi connectivity index (χ1n) is 17.8. The predicted octanol–water partition coefficient (Wildman–Crippen LogP) is 5.67. The van der Waals surface area contributed by atoms with Crippen LogP contribution in [-0.2, 0) is 24.5 Å². The second kappa shape index (κ2) is 13.8. The molecule has 1 aliphatic carbocycles. The molecule has 3 aliphatic heterocycles. The molecule has 0 saturated carbocycles. The van der Waals surface area contributed by atoms with Crippen molar-refractivity contribution in [3.8, 4) is 17.6 Å². The van der Waals surface area contributed by atoms with Gasteiger partial charge in [0.05, 0.1) is 24.6 Å². The highest BCUT2D eigenvalue weighted by molar-refractivity contribution is 6.12. The number of nitrogens with zero attached hydrogens (tertiary/aromatic N) is 1. The second-order valence-corrected chi connectivity index (χ2v) is 13.7. The van der Waals surface area contributed by atoms with Gasteiger partial charge in [-0.1, -0.05) is 90.7 Å². The Morgan fingerprint density at radius 3 is 2.31 bits per heavy atom. The molecule has 4 N–H and O–H groups in total. The van der Waals surface area contributed by atoms with E-state index in [1.165, 1.54) is 0 Å². The van der Waals surface area contributed by atoms with Gasteiger partial charge in [0.25, 0.3) is 0 Å². The number of morpholine rings is 1. The van der Waals surface area contributed by atoms with Crippen LogP contribution in [0.25, 0.3) is 0 Å². The van der Waals surface area contributed by atoms with E-state index in [9.17, 15) is 19.5 Å². The first-order chi connectivity index (χ1) is 25.4. The van der Waals surface area contributed by atoms with Crippen molar-refractivity contribution in [3.63, 3.8) is 0 Å². The number of amides is 2. The monoisotopic (exact) mass is 693 g/mol. The molecule has 6 atom stereocenters. The smallest absolute Gasteiger partial charge is 0.324 e. The molecule has 52 heavy (non-hydrogen) atoms. The van der Waals surface area contributed by atoms with Crippen LogP contribution in [0.5, 0.6) is 5.75 Å². The fourth-order valence-electron chi connectivity index (χ4n) is 8.71. The maximum absolute atomic E-state index is 14.9. The molecule has 2 fully saturated rings. The van der Waals surface area contributed by atoms with Crippen molar-refractivity contribution in [2.45, 2.75) is 55.3 Å². The summed E-state index contributed by atoms with van der Waals surface area (Å²) in [5.41, 5.74) is 9.88. The summed E-state index contributed by atoms with van der Waals surface area (Å²) in [6.07, 6.45) is 5.58. The number of primary amides is 1. The Bertz CT molecular complexity index is 2110. The van der Waals surface area contributed by atoms with Gasteiger partial charge in [0.2, 0.25) is 11.8 Å². The molecule has 262 valence electrons. The Morgan fingerprint density at radius 2 is 1.63 bits per heavy atom. The minimum absolute atomic E-state index is 0.113. The number of aliphatic hydroxyl groups is 1. The molecule has 8 rings (SSSR count). The highest BCUT2D eigenvalue weighted by Crippen LogP contribution is 2.64. The molecule has 0 aromatic heterocycles. The van der Waals surface area contributed by atoms with Gasteiger partial charge in [0.1, 0.15) is 29.9 Å². The summed E-state index contributed by atoms with van der Waals surface area (Å²) < 4.78 is 12.0. The van der Waals surface area contributed by atoms with Crippen LogP contribution >= 0.6 is 0 Å². The summed E-state index contributed by atoms with van der Waals surface area (Å²) in [6, 6.07) is 29.4. The predicted molar refractivity (Wildman–Crippen MR) is 195 cm³/mol. The lowest BCUT2D eigenvalue weighted by Gasteiger charge is -2.46. The molecule has 4 aliphatic rings. The molecule has 0 radical (unpaired) electrons. The average molecular weight is 694 g/mol. The number of nitrogens with two attached hydrogens (primary N) is 1. The largest absolute Gasteiger partial charge is 0.491 e. The number of aliphatic hydroxyl groups excluding tert-OH is 1. The summed E-state index contributed by atoms with van der Waals surface area (Å²) >= 11 is 0. The molecular weight excluding hydrogens is 654 g/mol. The van der Waals surface area contributed by atoms with Gasteiger partial charge in [-0.15, -0.1) is 0 Å². The Kier molecular flexibility index (Phi) is 8.87. The van der Waals surface area contributed by atoms with Gasteiger partial charge < -0.3 is 25.6 Å². The molecule has 3 heterocycles. The third-order valence-electron chi connectivity index (χ3n) is 10.8. The molecule has 2 amide bonds. The third-order valence-corrected chi connectivity index (χ3v) is 10.8. The van der Waals surface area contributed by atoms with E-state index >= 15 is 0 Å². The van der Waals surface area contributed by atoms with Gasteiger partial charge in [-0.25, -0.2) is 0 Å². The standard InChI is InChI=1S/C43H39N3O6/c44-40(48)35-37-41(49)52-38(30-14-8-3-9-15-30)36(29-12-6-2-7-13-29)46(37)39(31-19-21-32(22-20-31)51-25-24-47)43(35)33-26-28(18-23-34(33)45-42(43)50)17-16-27-10-4-1-5-11-27/h2-3,6-10,12-15,18-23,26,35-39,47H,1,4-5,11,24-25H2,(H2,44,48)(H,45,50). The number of cyclic esters (lactones) is 1. The number of allylic oxidation sites excluding steroid dienone is 2. The van der Waals surface area contributed by atoms with Crippen LogP contribution in [0.3, 0.4) is 0 Å². The van der Waals surface area contributed by atoms with E-state index in [0.29, 0.717) is 28.1 Å². The van der Waals surface area contributed by atoms with Gasteiger partial charge in [0.15, 0.2) is 0 Å². The number of ether oxygens (including phenoxy) is 2. The van der Waals surface area contributed by atoms with E-state index in [2.05, 4.69) is 23.2 Å². The van der Waals surface area contributed by atoms with Gasteiger partial charge in [-0.3, -0.25) is 19.3 Å². The zero-order chi connectivity index (χ0) is 35.8. The number of hydrogen-bond donors (Lipinski definition) is 3. The van der Waals surface area contributed by atoms with E-state index in [0.717, 1.165) is 42.4 Å². The average Bonchev–Trinajstić information content (AvgIpc) is 3.66. The highest BCUT2D eigenvalue weighted by atomic mass is 16.6. The molecule has 4 aromatic rings. The summed E-state index contributed by atoms with van der Waals surface area (Å²) in [6.45, 7) is -0.0354. The van der Waals surface area contributed by atoms with Gasteiger partial charge in [-0.05, 0) is 83.8 Å². The normalized spacial score (nSPS) is 26.3. The van der Waals surface area contributed by atoms with Crippen LogP contribution < -0.4 is 15.8 Å². The van der Waals surface area contributed by atoms with Crippen LogP contribution in [-0.4, -0.2) is 47.0 Å². The van der Waals surface area contributed by atoms with E-state index in [-0.39, 0.29) is 13.2 Å². The lowest BCUT2D eigenvalue weighted by molar-refractivity contribution is -0.178. The topological polar surface area (TPSA) is 131 Å². The fraction of sp³-hybridized carbons (Fsp3) is 0.279. The number of carbonyl (C=O) groups is 3. The molecular formula is C43H39N3O6. The molecule has 6 unspecified atom stereocenters. The van der Waals surface area contributed by atoms with Crippen LogP contribution in [0.15, 0.2) is 115 Å². The minimum atomic E-state index is -1.64.